The van der Waals surface area contributed by atoms with Crippen LogP contribution in [-0.4, -0.2) is 24.3 Å². The van der Waals surface area contributed by atoms with Gasteiger partial charge in [0.25, 0.3) is 0 Å². The summed E-state index contributed by atoms with van der Waals surface area (Å²) in [4.78, 5) is 0. The quantitative estimate of drug-likeness (QED) is 0.899. The molecule has 2 nitrogen and oxygen atoms in total. The van der Waals surface area contributed by atoms with Gasteiger partial charge < -0.3 is 10.4 Å². The number of hydrogen-bond donors (Lipinski definition) is 2. The molecule has 2 N–H and O–H groups in total. The van der Waals surface area contributed by atoms with E-state index in [-0.39, 0.29) is 5.82 Å². The lowest BCUT2D eigenvalue weighted by molar-refractivity contribution is 0.0883. The van der Waals surface area contributed by atoms with Gasteiger partial charge in [0.2, 0.25) is 0 Å². The molecule has 0 aromatic heterocycles. The van der Waals surface area contributed by atoms with Crippen molar-refractivity contribution in [1.29, 1.82) is 0 Å². The van der Waals surface area contributed by atoms with Crippen molar-refractivity contribution < 1.29 is 9.50 Å². The van der Waals surface area contributed by atoms with Crippen molar-refractivity contribution in [2.45, 2.75) is 25.4 Å². The monoisotopic (exact) mass is 301 g/mol. The number of nitrogens with one attached hydrogen (secondary N) is 1. The molecular formula is C13H17BrFNO. The molecule has 17 heavy (non-hydrogen) atoms. The maximum atomic E-state index is 13.6. The summed E-state index contributed by atoms with van der Waals surface area (Å²) in [5.74, 6) is 0.0478. The molecule has 1 aliphatic rings. The van der Waals surface area contributed by atoms with Gasteiger partial charge in [0.1, 0.15) is 5.82 Å². The van der Waals surface area contributed by atoms with Gasteiger partial charge in [0.05, 0.1) is 6.10 Å². The Morgan fingerprint density at radius 1 is 1.41 bits per heavy atom. The first-order chi connectivity index (χ1) is 8.16. The third-order valence-corrected chi connectivity index (χ3v) is 3.87. The predicted octanol–water partition coefficient (Wildman–Crippen LogP) is 2.49. The van der Waals surface area contributed by atoms with E-state index >= 15 is 0 Å². The molecule has 1 saturated heterocycles. The molecule has 0 bridgehead atoms. The smallest absolute Gasteiger partial charge is 0.127 e. The molecule has 0 amide bonds. The van der Waals surface area contributed by atoms with Gasteiger partial charge in [-0.15, -0.1) is 0 Å². The largest absolute Gasteiger partial charge is 0.392 e. The number of hydrogen-bond acceptors (Lipinski definition) is 2. The van der Waals surface area contributed by atoms with Gasteiger partial charge in [-0.2, -0.15) is 0 Å². The summed E-state index contributed by atoms with van der Waals surface area (Å²) in [5.41, 5.74) is 0.597. The maximum Gasteiger partial charge on any atom is 0.127 e. The fraction of sp³-hybridized carbons (Fsp3) is 0.538. The highest BCUT2D eigenvalue weighted by Gasteiger charge is 2.22. The van der Waals surface area contributed by atoms with E-state index in [1.54, 1.807) is 6.07 Å². The molecule has 2 rings (SSSR count). The lowest BCUT2D eigenvalue weighted by Gasteiger charge is -2.27. The third-order valence-electron chi connectivity index (χ3n) is 3.37. The van der Waals surface area contributed by atoms with E-state index in [1.807, 2.05) is 6.07 Å². The summed E-state index contributed by atoms with van der Waals surface area (Å²) in [5, 5.41) is 13.4. The van der Waals surface area contributed by atoms with Crippen LogP contribution < -0.4 is 5.32 Å². The van der Waals surface area contributed by atoms with Gasteiger partial charge >= 0.3 is 0 Å². The third kappa shape index (κ3) is 3.50. The summed E-state index contributed by atoms with van der Waals surface area (Å²) < 4.78 is 14.4. The molecule has 1 aliphatic heterocycles. The fourth-order valence-corrected chi connectivity index (χ4v) is 2.64. The Hall–Kier alpha value is -0.450. The molecule has 1 atom stereocenters. The lowest BCUT2D eigenvalue weighted by Crippen LogP contribution is -2.35. The van der Waals surface area contributed by atoms with E-state index in [4.69, 9.17) is 0 Å². The summed E-state index contributed by atoms with van der Waals surface area (Å²) in [6.45, 7) is 1.90. The van der Waals surface area contributed by atoms with Crippen LogP contribution in [-0.2, 0) is 6.42 Å². The van der Waals surface area contributed by atoms with Crippen molar-refractivity contribution in [3.8, 4) is 0 Å². The Balaban J connectivity index is 1.99. The fourth-order valence-electron chi connectivity index (χ4n) is 2.31. The number of aliphatic hydroxyl groups excluding tert-OH is 1. The number of aliphatic hydroxyl groups is 1. The van der Waals surface area contributed by atoms with Crippen molar-refractivity contribution >= 4 is 15.9 Å². The summed E-state index contributed by atoms with van der Waals surface area (Å²) in [7, 11) is 0. The van der Waals surface area contributed by atoms with E-state index in [0.717, 1.165) is 30.4 Å². The van der Waals surface area contributed by atoms with E-state index in [0.29, 0.717) is 17.9 Å². The number of benzene rings is 1. The van der Waals surface area contributed by atoms with E-state index in [1.165, 1.54) is 6.07 Å². The molecule has 0 saturated carbocycles. The van der Waals surface area contributed by atoms with Crippen LogP contribution in [0.1, 0.15) is 18.4 Å². The van der Waals surface area contributed by atoms with Crippen LogP contribution in [0.15, 0.2) is 22.7 Å². The Morgan fingerprint density at radius 2 is 2.12 bits per heavy atom. The zero-order valence-corrected chi connectivity index (χ0v) is 11.2. The Kier molecular flexibility index (Phi) is 4.54. The number of rotatable bonds is 3. The van der Waals surface area contributed by atoms with Crippen molar-refractivity contribution in [3.63, 3.8) is 0 Å². The zero-order chi connectivity index (χ0) is 12.3. The molecule has 1 aromatic carbocycles. The standard InChI is InChI=1S/C13H17BrFNO/c14-11-2-1-10(12(15)8-11)7-13(17)9-3-5-16-6-4-9/h1-2,8-9,13,16-17H,3-7H2. The molecular weight excluding hydrogens is 285 g/mol. The molecule has 0 aliphatic carbocycles. The minimum atomic E-state index is -0.437. The minimum Gasteiger partial charge on any atom is -0.392 e. The Morgan fingerprint density at radius 3 is 2.76 bits per heavy atom. The minimum absolute atomic E-state index is 0.243. The van der Waals surface area contributed by atoms with Crippen LogP contribution in [0.5, 0.6) is 0 Å². The second-order valence-electron chi connectivity index (χ2n) is 4.59. The maximum absolute atomic E-state index is 13.6. The molecule has 1 heterocycles. The van der Waals surface area contributed by atoms with Crippen molar-refractivity contribution in [2.75, 3.05) is 13.1 Å². The Bertz CT molecular complexity index is 380. The van der Waals surface area contributed by atoms with Crippen molar-refractivity contribution in [2.24, 2.45) is 5.92 Å². The van der Waals surface area contributed by atoms with Gasteiger partial charge in [-0.05, 0) is 49.5 Å². The Labute approximate surface area is 109 Å². The van der Waals surface area contributed by atoms with Gasteiger partial charge in [0, 0.05) is 10.9 Å². The lowest BCUT2D eigenvalue weighted by atomic mass is 9.88. The van der Waals surface area contributed by atoms with Crippen molar-refractivity contribution in [3.05, 3.63) is 34.1 Å². The molecule has 1 aromatic rings. The normalized spacial score (nSPS) is 19.2. The van der Waals surface area contributed by atoms with Crippen LogP contribution in [0.2, 0.25) is 0 Å². The average Bonchev–Trinajstić information content (AvgIpc) is 2.34. The molecule has 1 unspecified atom stereocenters. The van der Waals surface area contributed by atoms with E-state index in [2.05, 4.69) is 21.2 Å². The first-order valence-corrected chi connectivity index (χ1v) is 6.79. The summed E-state index contributed by atoms with van der Waals surface area (Å²) in [6.07, 6.45) is 1.91. The van der Waals surface area contributed by atoms with Crippen LogP contribution in [0.3, 0.4) is 0 Å². The van der Waals surface area contributed by atoms with Crippen LogP contribution >= 0.6 is 15.9 Å². The van der Waals surface area contributed by atoms with E-state index < -0.39 is 6.10 Å². The molecule has 94 valence electrons. The number of halogens is 2. The number of piperidine rings is 1. The average molecular weight is 302 g/mol. The highest BCUT2D eigenvalue weighted by atomic mass is 79.9. The summed E-state index contributed by atoms with van der Waals surface area (Å²) in [6, 6.07) is 5.00. The van der Waals surface area contributed by atoms with Gasteiger partial charge in [-0.1, -0.05) is 22.0 Å². The van der Waals surface area contributed by atoms with Gasteiger partial charge in [-0.3, -0.25) is 0 Å². The second kappa shape index (κ2) is 5.94. The SMILES string of the molecule is OC(Cc1ccc(Br)cc1F)C1CCNCC1. The van der Waals surface area contributed by atoms with Crippen LogP contribution in [0.25, 0.3) is 0 Å². The molecule has 1 fully saturated rings. The molecule has 4 heteroatoms. The first kappa shape index (κ1) is 13.0. The molecule has 0 radical (unpaired) electrons. The van der Waals surface area contributed by atoms with Crippen molar-refractivity contribution in [1.82, 2.24) is 5.32 Å². The van der Waals surface area contributed by atoms with Gasteiger partial charge in [-0.25, -0.2) is 4.39 Å². The topological polar surface area (TPSA) is 32.3 Å². The highest BCUT2D eigenvalue weighted by Crippen LogP contribution is 2.22. The summed E-state index contributed by atoms with van der Waals surface area (Å²) >= 11 is 3.23. The molecule has 0 spiro atoms. The zero-order valence-electron chi connectivity index (χ0n) is 9.63. The predicted molar refractivity (Wildman–Crippen MR) is 69.4 cm³/mol. The second-order valence-corrected chi connectivity index (χ2v) is 5.51. The van der Waals surface area contributed by atoms with Gasteiger partial charge in [0.15, 0.2) is 0 Å². The van der Waals surface area contributed by atoms with Crippen LogP contribution in [0, 0.1) is 11.7 Å². The highest BCUT2D eigenvalue weighted by molar-refractivity contribution is 9.10. The van der Waals surface area contributed by atoms with Crippen LogP contribution in [0.4, 0.5) is 4.39 Å². The van der Waals surface area contributed by atoms with E-state index in [9.17, 15) is 9.50 Å². The first-order valence-electron chi connectivity index (χ1n) is 5.99.